The first kappa shape index (κ1) is 17.8. The van der Waals surface area contributed by atoms with E-state index in [0.717, 1.165) is 32.1 Å². The first-order valence-electron chi connectivity index (χ1n) is 7.94. The molecule has 0 aromatic rings. The molecule has 1 saturated heterocycles. The molecule has 0 aromatic heterocycles. The molecule has 0 aromatic carbocycles. The highest BCUT2D eigenvalue weighted by Crippen LogP contribution is 2.21. The number of amides is 2. The summed E-state index contributed by atoms with van der Waals surface area (Å²) in [4.78, 5) is 23.6. The number of rotatable bonds is 8. The molecule has 1 fully saturated rings. The van der Waals surface area contributed by atoms with Gasteiger partial charge in [0.1, 0.15) is 5.54 Å². The van der Waals surface area contributed by atoms with E-state index in [-0.39, 0.29) is 12.1 Å². The van der Waals surface area contributed by atoms with E-state index >= 15 is 0 Å². The molecule has 21 heavy (non-hydrogen) atoms. The predicted octanol–water partition coefficient (Wildman–Crippen LogP) is 2.28. The van der Waals surface area contributed by atoms with Gasteiger partial charge >= 0.3 is 12.0 Å². The number of nitrogens with one attached hydrogen (secondary N) is 2. The molecule has 1 aliphatic heterocycles. The van der Waals surface area contributed by atoms with E-state index in [1.807, 2.05) is 0 Å². The molecule has 3 N–H and O–H groups in total. The van der Waals surface area contributed by atoms with Gasteiger partial charge in [-0.25, -0.2) is 9.59 Å². The number of carbonyl (C=O) groups excluding carboxylic acids is 1. The monoisotopic (exact) mass is 300 g/mol. The van der Waals surface area contributed by atoms with Gasteiger partial charge < -0.3 is 20.5 Å². The molecule has 1 unspecified atom stereocenters. The number of carboxylic acid groups (broad SMARTS) is 1. The third-order valence-electron chi connectivity index (χ3n) is 3.99. The van der Waals surface area contributed by atoms with Crippen LogP contribution in [0.2, 0.25) is 0 Å². The number of urea groups is 1. The summed E-state index contributed by atoms with van der Waals surface area (Å²) in [6.45, 7) is 4.92. The maximum absolute atomic E-state index is 12.1. The van der Waals surface area contributed by atoms with E-state index in [0.29, 0.717) is 26.1 Å². The number of hydrogen-bond donors (Lipinski definition) is 3. The SMILES string of the molecule is CCCCC(CCC)NC(=O)NC1(C(=O)O)CCOCC1. The van der Waals surface area contributed by atoms with Crippen molar-refractivity contribution in [3.63, 3.8) is 0 Å². The first-order chi connectivity index (χ1) is 10.0. The Hall–Kier alpha value is -1.30. The van der Waals surface area contributed by atoms with Gasteiger partial charge in [0.15, 0.2) is 0 Å². The summed E-state index contributed by atoms with van der Waals surface area (Å²) in [5, 5.41) is 15.0. The number of carbonyl (C=O) groups is 2. The molecule has 1 rings (SSSR count). The molecule has 0 radical (unpaired) electrons. The average molecular weight is 300 g/mol. The molecule has 1 atom stereocenters. The molecule has 122 valence electrons. The Labute approximate surface area is 126 Å². The van der Waals surface area contributed by atoms with E-state index in [2.05, 4.69) is 24.5 Å². The van der Waals surface area contributed by atoms with Gasteiger partial charge in [0.05, 0.1) is 0 Å². The van der Waals surface area contributed by atoms with Crippen molar-refractivity contribution in [1.82, 2.24) is 10.6 Å². The molecule has 0 bridgehead atoms. The standard InChI is InChI=1S/C15H28N2O4/c1-3-5-7-12(6-4-2)16-14(20)17-15(13(18)19)8-10-21-11-9-15/h12H,3-11H2,1-2H3,(H,18,19)(H2,16,17,20). The first-order valence-corrected chi connectivity index (χ1v) is 7.94. The largest absolute Gasteiger partial charge is 0.480 e. The third kappa shape index (κ3) is 5.53. The van der Waals surface area contributed by atoms with E-state index in [1.165, 1.54) is 0 Å². The second-order valence-corrected chi connectivity index (χ2v) is 5.73. The lowest BCUT2D eigenvalue weighted by Crippen LogP contribution is -2.60. The second kappa shape index (κ2) is 8.87. The Bertz CT molecular complexity index is 341. The molecule has 0 saturated carbocycles. The Balaban J connectivity index is 2.57. The van der Waals surface area contributed by atoms with Gasteiger partial charge in [-0.2, -0.15) is 0 Å². The second-order valence-electron chi connectivity index (χ2n) is 5.73. The van der Waals surface area contributed by atoms with Crippen molar-refractivity contribution in [2.45, 2.75) is 70.4 Å². The van der Waals surface area contributed by atoms with Gasteiger partial charge in [-0.05, 0) is 12.8 Å². The van der Waals surface area contributed by atoms with Crippen LogP contribution < -0.4 is 10.6 Å². The van der Waals surface area contributed by atoms with Crippen LogP contribution in [0.15, 0.2) is 0 Å². The van der Waals surface area contributed by atoms with Crippen LogP contribution >= 0.6 is 0 Å². The van der Waals surface area contributed by atoms with E-state index in [1.54, 1.807) is 0 Å². The summed E-state index contributed by atoms with van der Waals surface area (Å²) in [5.74, 6) is -0.985. The van der Waals surface area contributed by atoms with Crippen molar-refractivity contribution in [3.05, 3.63) is 0 Å². The van der Waals surface area contributed by atoms with Crippen LogP contribution in [-0.4, -0.2) is 41.9 Å². The fourth-order valence-electron chi connectivity index (χ4n) is 2.64. The third-order valence-corrected chi connectivity index (χ3v) is 3.99. The summed E-state index contributed by atoms with van der Waals surface area (Å²) >= 11 is 0. The lowest BCUT2D eigenvalue weighted by Gasteiger charge is -2.34. The van der Waals surface area contributed by atoms with Crippen molar-refractivity contribution in [3.8, 4) is 0 Å². The minimum absolute atomic E-state index is 0.112. The topological polar surface area (TPSA) is 87.7 Å². The van der Waals surface area contributed by atoms with Gasteiger partial charge in [-0.1, -0.05) is 33.1 Å². The van der Waals surface area contributed by atoms with Crippen LogP contribution in [0.3, 0.4) is 0 Å². The number of carboxylic acids is 1. The molecule has 1 heterocycles. The van der Waals surface area contributed by atoms with Gasteiger partial charge in [-0.15, -0.1) is 0 Å². The van der Waals surface area contributed by atoms with Crippen LogP contribution in [-0.2, 0) is 9.53 Å². The van der Waals surface area contributed by atoms with Gasteiger partial charge in [0.25, 0.3) is 0 Å². The van der Waals surface area contributed by atoms with E-state index in [4.69, 9.17) is 4.74 Å². The van der Waals surface area contributed by atoms with Crippen LogP contribution in [0.4, 0.5) is 4.79 Å². The zero-order valence-corrected chi connectivity index (χ0v) is 13.1. The fraction of sp³-hybridized carbons (Fsp3) is 0.867. The summed E-state index contributed by atoms with van der Waals surface area (Å²) in [7, 11) is 0. The summed E-state index contributed by atoms with van der Waals surface area (Å²) in [6.07, 6.45) is 5.60. The Kier molecular flexibility index (Phi) is 7.50. The zero-order chi connectivity index (χ0) is 15.7. The zero-order valence-electron chi connectivity index (χ0n) is 13.1. The molecule has 2 amide bonds. The van der Waals surface area contributed by atoms with Gasteiger partial charge in [0, 0.05) is 32.1 Å². The predicted molar refractivity (Wildman–Crippen MR) is 80.3 cm³/mol. The highest BCUT2D eigenvalue weighted by atomic mass is 16.5. The van der Waals surface area contributed by atoms with E-state index in [9.17, 15) is 14.7 Å². The Morgan fingerprint density at radius 2 is 1.86 bits per heavy atom. The maximum atomic E-state index is 12.1. The molecular weight excluding hydrogens is 272 g/mol. The summed E-state index contributed by atoms with van der Waals surface area (Å²) < 4.78 is 5.19. The maximum Gasteiger partial charge on any atom is 0.329 e. The average Bonchev–Trinajstić information content (AvgIpc) is 2.45. The van der Waals surface area contributed by atoms with Crippen molar-refractivity contribution in [2.75, 3.05) is 13.2 Å². The molecule has 1 aliphatic rings. The molecule has 0 aliphatic carbocycles. The van der Waals surface area contributed by atoms with Gasteiger partial charge in [0.2, 0.25) is 0 Å². The van der Waals surface area contributed by atoms with Crippen molar-refractivity contribution >= 4 is 12.0 Å². The van der Waals surface area contributed by atoms with Crippen LogP contribution in [0, 0.1) is 0 Å². The number of aliphatic carboxylic acids is 1. The van der Waals surface area contributed by atoms with Crippen LogP contribution in [0.25, 0.3) is 0 Å². The number of ether oxygens (including phenoxy) is 1. The quantitative estimate of drug-likeness (QED) is 0.641. The number of unbranched alkanes of at least 4 members (excludes halogenated alkanes) is 1. The van der Waals surface area contributed by atoms with Crippen molar-refractivity contribution < 1.29 is 19.4 Å². The fourth-order valence-corrected chi connectivity index (χ4v) is 2.64. The molecule has 6 heteroatoms. The summed E-state index contributed by atoms with van der Waals surface area (Å²) in [6, 6.07) is -0.269. The van der Waals surface area contributed by atoms with Crippen LogP contribution in [0.1, 0.15) is 58.8 Å². The molecule has 0 spiro atoms. The van der Waals surface area contributed by atoms with Gasteiger partial charge in [-0.3, -0.25) is 0 Å². The number of hydrogen-bond acceptors (Lipinski definition) is 3. The lowest BCUT2D eigenvalue weighted by molar-refractivity contribution is -0.148. The normalized spacial score (nSPS) is 18.8. The minimum Gasteiger partial charge on any atom is -0.480 e. The Morgan fingerprint density at radius 1 is 1.19 bits per heavy atom. The van der Waals surface area contributed by atoms with Crippen molar-refractivity contribution in [1.29, 1.82) is 0 Å². The molecular formula is C15H28N2O4. The summed E-state index contributed by atoms with van der Waals surface area (Å²) in [5.41, 5.74) is -1.19. The smallest absolute Gasteiger partial charge is 0.329 e. The lowest BCUT2D eigenvalue weighted by atomic mass is 9.90. The van der Waals surface area contributed by atoms with E-state index < -0.39 is 11.5 Å². The van der Waals surface area contributed by atoms with Crippen LogP contribution in [0.5, 0.6) is 0 Å². The molecule has 6 nitrogen and oxygen atoms in total. The highest BCUT2D eigenvalue weighted by Gasteiger charge is 2.41. The van der Waals surface area contributed by atoms with Crippen molar-refractivity contribution in [2.24, 2.45) is 0 Å². The Morgan fingerprint density at radius 3 is 2.38 bits per heavy atom. The minimum atomic E-state index is -1.19. The highest BCUT2D eigenvalue weighted by molar-refractivity contribution is 5.86.